The Balaban J connectivity index is 2.78. The molecule has 2 aromatic rings. The van der Waals surface area contributed by atoms with Gasteiger partial charge in [-0.15, -0.1) is 24.0 Å². The third-order valence-corrected chi connectivity index (χ3v) is 3.36. The number of nitrogen functional groups attached to an aromatic ring is 1. The smallest absolute Gasteiger partial charge is 0.0702 e. The number of thiol groups is 1. The molecule has 13 heavy (non-hydrogen) atoms. The van der Waals surface area contributed by atoms with Crippen molar-refractivity contribution in [3.05, 3.63) is 23.8 Å². The van der Waals surface area contributed by atoms with Gasteiger partial charge < -0.3 is 10.8 Å². The van der Waals surface area contributed by atoms with E-state index >= 15 is 0 Å². The number of aliphatic hydroxyl groups excluding tert-OH is 1. The van der Waals surface area contributed by atoms with Crippen molar-refractivity contribution in [2.75, 3.05) is 5.73 Å². The van der Waals surface area contributed by atoms with Crippen molar-refractivity contribution in [2.45, 2.75) is 10.8 Å². The Morgan fingerprint density at radius 3 is 2.92 bits per heavy atom. The molecule has 68 valence electrons. The molecule has 1 aromatic carbocycles. The molecule has 0 fully saturated rings. The minimum Gasteiger partial charge on any atom is -0.397 e. The van der Waals surface area contributed by atoms with Crippen LogP contribution in [0.25, 0.3) is 10.1 Å². The van der Waals surface area contributed by atoms with Crippen LogP contribution in [0, 0.1) is 0 Å². The maximum absolute atomic E-state index is 8.99. The molecule has 1 heterocycles. The predicted octanol–water partition coefficient (Wildman–Crippen LogP) is 2.26. The fraction of sp³-hybridized carbons (Fsp3) is 0.111. The Bertz CT molecular complexity index is 450. The fourth-order valence-corrected chi connectivity index (χ4v) is 2.58. The van der Waals surface area contributed by atoms with Crippen molar-refractivity contribution in [1.29, 1.82) is 0 Å². The molecule has 0 unspecified atom stereocenters. The van der Waals surface area contributed by atoms with Gasteiger partial charge >= 0.3 is 0 Å². The van der Waals surface area contributed by atoms with E-state index in [1.54, 1.807) is 0 Å². The highest BCUT2D eigenvalue weighted by molar-refractivity contribution is 7.83. The van der Waals surface area contributed by atoms with Crippen LogP contribution in [0.15, 0.2) is 22.4 Å². The average molecular weight is 211 g/mol. The van der Waals surface area contributed by atoms with E-state index in [4.69, 9.17) is 10.8 Å². The van der Waals surface area contributed by atoms with Gasteiger partial charge in [0, 0.05) is 5.56 Å². The Labute approximate surface area is 85.4 Å². The van der Waals surface area contributed by atoms with E-state index in [2.05, 4.69) is 12.6 Å². The lowest BCUT2D eigenvalue weighted by molar-refractivity contribution is 0.282. The van der Waals surface area contributed by atoms with Crippen molar-refractivity contribution < 1.29 is 5.11 Å². The molecule has 0 saturated carbocycles. The molecule has 4 heteroatoms. The molecule has 3 N–H and O–H groups in total. The molecule has 0 saturated heterocycles. The third-order valence-electron chi connectivity index (χ3n) is 1.97. The van der Waals surface area contributed by atoms with Crippen LogP contribution in [-0.2, 0) is 6.61 Å². The summed E-state index contributed by atoms with van der Waals surface area (Å²) in [7, 11) is 0. The zero-order valence-corrected chi connectivity index (χ0v) is 8.53. The van der Waals surface area contributed by atoms with Gasteiger partial charge in [-0.05, 0) is 11.5 Å². The number of anilines is 1. The lowest BCUT2D eigenvalue weighted by Crippen LogP contribution is -1.93. The van der Waals surface area contributed by atoms with Gasteiger partial charge in [-0.3, -0.25) is 0 Å². The van der Waals surface area contributed by atoms with Crippen molar-refractivity contribution in [3.8, 4) is 0 Å². The van der Waals surface area contributed by atoms with E-state index in [-0.39, 0.29) is 6.61 Å². The number of hydrogen-bond acceptors (Lipinski definition) is 4. The highest BCUT2D eigenvalue weighted by Gasteiger charge is 2.06. The molecule has 0 aliphatic rings. The molecule has 0 radical (unpaired) electrons. The standard InChI is InChI=1S/C9H9NOS2/c10-8-6(4-11)2-1-5-3-7(12)13-9(5)8/h1-3,11-12H,4,10H2. The summed E-state index contributed by atoms with van der Waals surface area (Å²) < 4.78 is 1.95. The number of fused-ring (bicyclic) bond motifs is 1. The number of benzene rings is 1. The Morgan fingerprint density at radius 2 is 2.23 bits per heavy atom. The molecule has 1 aromatic heterocycles. The van der Waals surface area contributed by atoms with Crippen LogP contribution >= 0.6 is 24.0 Å². The van der Waals surface area contributed by atoms with Gasteiger partial charge in [-0.25, -0.2) is 0 Å². The third kappa shape index (κ3) is 1.41. The topological polar surface area (TPSA) is 46.2 Å². The second kappa shape index (κ2) is 3.21. The number of nitrogens with two attached hydrogens (primary N) is 1. The normalized spacial score (nSPS) is 10.9. The molecule has 0 aliphatic heterocycles. The monoisotopic (exact) mass is 211 g/mol. The van der Waals surface area contributed by atoms with E-state index in [1.165, 1.54) is 11.3 Å². The van der Waals surface area contributed by atoms with Gasteiger partial charge in [-0.2, -0.15) is 0 Å². The van der Waals surface area contributed by atoms with E-state index in [0.29, 0.717) is 5.69 Å². The summed E-state index contributed by atoms with van der Waals surface area (Å²) in [5, 5.41) is 10.1. The molecule has 0 bridgehead atoms. The molecular formula is C9H9NOS2. The van der Waals surface area contributed by atoms with Gasteiger partial charge in [0.15, 0.2) is 0 Å². The largest absolute Gasteiger partial charge is 0.397 e. The quantitative estimate of drug-likeness (QED) is 0.500. The zero-order valence-electron chi connectivity index (χ0n) is 6.82. The summed E-state index contributed by atoms with van der Waals surface area (Å²) in [5.74, 6) is 0. The van der Waals surface area contributed by atoms with Crippen molar-refractivity contribution in [2.24, 2.45) is 0 Å². The second-order valence-corrected chi connectivity index (χ2v) is 4.64. The minimum absolute atomic E-state index is 0.0123. The van der Waals surface area contributed by atoms with Gasteiger partial charge in [0.25, 0.3) is 0 Å². The Kier molecular flexibility index (Phi) is 2.19. The molecule has 0 spiro atoms. The lowest BCUT2D eigenvalue weighted by atomic mass is 10.1. The highest BCUT2D eigenvalue weighted by Crippen LogP contribution is 2.34. The van der Waals surface area contributed by atoms with E-state index < -0.39 is 0 Å². The molecular weight excluding hydrogens is 202 g/mol. The first kappa shape index (κ1) is 8.87. The molecule has 0 aliphatic carbocycles. The van der Waals surface area contributed by atoms with E-state index in [1.807, 2.05) is 18.2 Å². The summed E-state index contributed by atoms with van der Waals surface area (Å²) in [6.45, 7) is -0.0123. The van der Waals surface area contributed by atoms with Crippen LogP contribution in [0.2, 0.25) is 0 Å². The molecule has 2 rings (SSSR count). The highest BCUT2D eigenvalue weighted by atomic mass is 32.2. The summed E-state index contributed by atoms with van der Waals surface area (Å²) in [6, 6.07) is 5.77. The maximum Gasteiger partial charge on any atom is 0.0702 e. The molecule has 0 atom stereocenters. The first-order chi connectivity index (χ1) is 6.22. The van der Waals surface area contributed by atoms with Gasteiger partial charge in [0.1, 0.15) is 0 Å². The number of thiophene rings is 1. The van der Waals surface area contributed by atoms with Crippen LogP contribution in [0.5, 0.6) is 0 Å². The SMILES string of the molecule is Nc1c(CO)ccc2cc(S)sc12. The van der Waals surface area contributed by atoms with Crippen LogP contribution in [-0.4, -0.2) is 5.11 Å². The summed E-state index contributed by atoms with van der Waals surface area (Å²) in [6.07, 6.45) is 0. The van der Waals surface area contributed by atoms with E-state index in [9.17, 15) is 0 Å². The van der Waals surface area contributed by atoms with E-state index in [0.717, 1.165) is 19.9 Å². The summed E-state index contributed by atoms with van der Waals surface area (Å²) >= 11 is 5.79. The Morgan fingerprint density at radius 1 is 1.46 bits per heavy atom. The second-order valence-electron chi connectivity index (χ2n) is 2.80. The number of aliphatic hydroxyl groups is 1. The lowest BCUT2D eigenvalue weighted by Gasteiger charge is -2.01. The summed E-state index contributed by atoms with van der Waals surface area (Å²) in [5.41, 5.74) is 7.31. The van der Waals surface area contributed by atoms with Crippen molar-refractivity contribution in [1.82, 2.24) is 0 Å². The number of rotatable bonds is 1. The van der Waals surface area contributed by atoms with Gasteiger partial charge in [-0.1, -0.05) is 12.1 Å². The first-order valence-corrected chi connectivity index (χ1v) is 5.09. The molecule has 0 amide bonds. The minimum atomic E-state index is -0.0123. The predicted molar refractivity (Wildman–Crippen MR) is 59.4 cm³/mol. The van der Waals surface area contributed by atoms with Crippen LogP contribution < -0.4 is 5.73 Å². The first-order valence-electron chi connectivity index (χ1n) is 3.83. The van der Waals surface area contributed by atoms with Crippen molar-refractivity contribution in [3.63, 3.8) is 0 Å². The van der Waals surface area contributed by atoms with Gasteiger partial charge in [0.05, 0.1) is 21.2 Å². The van der Waals surface area contributed by atoms with Crippen LogP contribution in [0.4, 0.5) is 5.69 Å². The Hall–Kier alpha value is -0.710. The summed E-state index contributed by atoms with van der Waals surface area (Å²) in [4.78, 5) is 0. The van der Waals surface area contributed by atoms with Crippen LogP contribution in [0.1, 0.15) is 5.56 Å². The number of hydrogen-bond donors (Lipinski definition) is 3. The zero-order chi connectivity index (χ0) is 9.42. The molecule has 2 nitrogen and oxygen atoms in total. The van der Waals surface area contributed by atoms with Crippen LogP contribution in [0.3, 0.4) is 0 Å². The fourth-order valence-electron chi connectivity index (χ4n) is 1.29. The van der Waals surface area contributed by atoms with Crippen molar-refractivity contribution >= 4 is 39.7 Å². The maximum atomic E-state index is 8.99. The van der Waals surface area contributed by atoms with Gasteiger partial charge in [0.2, 0.25) is 0 Å². The average Bonchev–Trinajstić information content (AvgIpc) is 2.47.